The van der Waals surface area contributed by atoms with Crippen molar-refractivity contribution in [2.45, 2.75) is 39.0 Å². The lowest BCUT2D eigenvalue weighted by Gasteiger charge is -2.33. The molecule has 1 aromatic heterocycles. The first-order valence-corrected chi connectivity index (χ1v) is 6.54. The fraction of sp³-hybridized carbons (Fsp3) is 0.692. The summed E-state index contributed by atoms with van der Waals surface area (Å²) in [7, 11) is 1.58. The molecule has 0 spiro atoms. The smallest absolute Gasteiger partial charge is 0.225 e. The molecule has 18 heavy (non-hydrogen) atoms. The topological polar surface area (TPSA) is 73.1 Å². The maximum absolute atomic E-state index is 5.63. The van der Waals surface area contributed by atoms with Crippen molar-refractivity contribution in [3.8, 4) is 5.88 Å². The van der Waals surface area contributed by atoms with Crippen molar-refractivity contribution in [3.63, 3.8) is 0 Å². The number of nitrogens with two attached hydrogens (primary N) is 1. The maximum atomic E-state index is 5.63. The van der Waals surface area contributed by atoms with Crippen LogP contribution in [0, 0.1) is 5.41 Å². The summed E-state index contributed by atoms with van der Waals surface area (Å²) in [6, 6.07) is 1.78. The Balaban J connectivity index is 1.98. The van der Waals surface area contributed by atoms with Gasteiger partial charge in [0.15, 0.2) is 0 Å². The van der Waals surface area contributed by atoms with E-state index in [1.54, 1.807) is 13.2 Å². The highest BCUT2D eigenvalue weighted by Gasteiger charge is 2.26. The summed E-state index contributed by atoms with van der Waals surface area (Å²) in [4.78, 5) is 8.14. The Morgan fingerprint density at radius 3 is 2.72 bits per heavy atom. The van der Waals surface area contributed by atoms with Gasteiger partial charge in [-0.15, -0.1) is 0 Å². The Morgan fingerprint density at radius 1 is 1.33 bits per heavy atom. The summed E-state index contributed by atoms with van der Waals surface area (Å²) < 4.78 is 5.08. The fourth-order valence-electron chi connectivity index (χ4n) is 2.52. The number of nitrogen functional groups attached to an aromatic ring is 1. The highest BCUT2D eigenvalue weighted by molar-refractivity contribution is 5.42. The first kappa shape index (κ1) is 12.9. The van der Waals surface area contributed by atoms with Gasteiger partial charge in [-0.3, -0.25) is 0 Å². The van der Waals surface area contributed by atoms with Crippen LogP contribution in [0.25, 0.3) is 0 Å². The molecule has 1 saturated carbocycles. The van der Waals surface area contributed by atoms with Crippen molar-refractivity contribution >= 4 is 11.8 Å². The van der Waals surface area contributed by atoms with Crippen LogP contribution in [0.5, 0.6) is 5.88 Å². The van der Waals surface area contributed by atoms with Crippen molar-refractivity contribution < 1.29 is 4.74 Å². The summed E-state index contributed by atoms with van der Waals surface area (Å²) >= 11 is 0. The van der Waals surface area contributed by atoms with E-state index in [1.807, 2.05) is 0 Å². The second-order valence-electron chi connectivity index (χ2n) is 5.38. The molecule has 0 radical (unpaired) electrons. The number of nitrogens with one attached hydrogen (secondary N) is 1. The lowest BCUT2D eigenvalue weighted by molar-refractivity contribution is 0.233. The molecule has 0 amide bonds. The minimum Gasteiger partial charge on any atom is -0.481 e. The lowest BCUT2D eigenvalue weighted by atomic mass is 9.76. The molecule has 0 unspecified atom stereocenters. The van der Waals surface area contributed by atoms with E-state index in [0.29, 0.717) is 11.3 Å². The van der Waals surface area contributed by atoms with Crippen LogP contribution in [-0.2, 0) is 0 Å². The number of anilines is 2. The van der Waals surface area contributed by atoms with Crippen LogP contribution in [0.4, 0.5) is 11.8 Å². The zero-order chi connectivity index (χ0) is 13.0. The minimum atomic E-state index is 0.241. The third-order valence-electron chi connectivity index (χ3n) is 3.69. The minimum absolute atomic E-state index is 0.241. The molecule has 3 N–H and O–H groups in total. The second kappa shape index (κ2) is 5.42. The number of nitrogens with zero attached hydrogens (tertiary/aromatic N) is 2. The van der Waals surface area contributed by atoms with Gasteiger partial charge in [-0.2, -0.15) is 9.97 Å². The molecule has 1 heterocycles. The number of hydrogen-bond donors (Lipinski definition) is 2. The summed E-state index contributed by atoms with van der Waals surface area (Å²) in [6.07, 6.45) is 6.57. The summed E-state index contributed by atoms with van der Waals surface area (Å²) in [5, 5.41) is 3.36. The standard InChI is InChI=1S/C13H22N4O/c1-13(6-4-3-5-7-13)9-15-10-8-11(18-2)17-12(14)16-10/h8H,3-7,9H2,1-2H3,(H3,14,15,16,17). The zero-order valence-corrected chi connectivity index (χ0v) is 11.2. The summed E-state index contributed by atoms with van der Waals surface area (Å²) in [6.45, 7) is 3.26. The van der Waals surface area contributed by atoms with Gasteiger partial charge < -0.3 is 15.8 Å². The molecule has 2 rings (SSSR count). The van der Waals surface area contributed by atoms with Gasteiger partial charge in [0.05, 0.1) is 7.11 Å². The maximum Gasteiger partial charge on any atom is 0.225 e. The van der Waals surface area contributed by atoms with Crippen LogP contribution in [-0.4, -0.2) is 23.6 Å². The second-order valence-corrected chi connectivity index (χ2v) is 5.38. The lowest BCUT2D eigenvalue weighted by Crippen LogP contribution is -2.29. The third-order valence-corrected chi connectivity index (χ3v) is 3.69. The van der Waals surface area contributed by atoms with Crippen molar-refractivity contribution in [2.75, 3.05) is 24.7 Å². The van der Waals surface area contributed by atoms with Gasteiger partial charge in [-0.1, -0.05) is 26.2 Å². The molecule has 1 fully saturated rings. The molecule has 5 heteroatoms. The van der Waals surface area contributed by atoms with E-state index in [4.69, 9.17) is 10.5 Å². The van der Waals surface area contributed by atoms with Gasteiger partial charge in [-0.05, 0) is 18.3 Å². The van der Waals surface area contributed by atoms with E-state index in [0.717, 1.165) is 12.4 Å². The van der Waals surface area contributed by atoms with E-state index < -0.39 is 0 Å². The molecule has 5 nitrogen and oxygen atoms in total. The Bertz CT molecular complexity index is 402. The van der Waals surface area contributed by atoms with Gasteiger partial charge in [0.1, 0.15) is 5.82 Å². The molecule has 0 aromatic carbocycles. The Kier molecular flexibility index (Phi) is 3.89. The normalized spacial score (nSPS) is 18.3. The van der Waals surface area contributed by atoms with Crippen molar-refractivity contribution in [1.29, 1.82) is 0 Å². The van der Waals surface area contributed by atoms with Crippen molar-refractivity contribution in [1.82, 2.24) is 9.97 Å². The van der Waals surface area contributed by atoms with Crippen LogP contribution in [0.2, 0.25) is 0 Å². The van der Waals surface area contributed by atoms with Crippen molar-refractivity contribution in [3.05, 3.63) is 6.07 Å². The molecule has 1 aliphatic carbocycles. The predicted octanol–water partition coefficient (Wildman–Crippen LogP) is 2.45. The average Bonchev–Trinajstić information content (AvgIpc) is 2.37. The molecule has 0 aliphatic heterocycles. The van der Waals surface area contributed by atoms with Crippen LogP contribution in [0.15, 0.2) is 6.07 Å². The number of aromatic nitrogens is 2. The van der Waals surface area contributed by atoms with E-state index in [2.05, 4.69) is 22.2 Å². The predicted molar refractivity (Wildman–Crippen MR) is 72.7 cm³/mol. The van der Waals surface area contributed by atoms with Gasteiger partial charge in [-0.25, -0.2) is 0 Å². The SMILES string of the molecule is COc1cc(NCC2(C)CCCCC2)nc(N)n1. The molecule has 0 bridgehead atoms. The largest absolute Gasteiger partial charge is 0.481 e. The number of methoxy groups -OCH3 is 1. The van der Waals surface area contributed by atoms with E-state index in [-0.39, 0.29) is 5.95 Å². The first-order chi connectivity index (χ1) is 8.61. The fourth-order valence-corrected chi connectivity index (χ4v) is 2.52. The van der Waals surface area contributed by atoms with E-state index >= 15 is 0 Å². The highest BCUT2D eigenvalue weighted by Crippen LogP contribution is 2.35. The average molecular weight is 250 g/mol. The molecule has 0 atom stereocenters. The first-order valence-electron chi connectivity index (χ1n) is 6.54. The van der Waals surface area contributed by atoms with Crippen LogP contribution in [0.1, 0.15) is 39.0 Å². The van der Waals surface area contributed by atoms with Crippen LogP contribution >= 0.6 is 0 Å². The quantitative estimate of drug-likeness (QED) is 0.858. The Labute approximate surface area is 108 Å². The van der Waals surface area contributed by atoms with Crippen LogP contribution < -0.4 is 15.8 Å². The third kappa shape index (κ3) is 3.24. The van der Waals surface area contributed by atoms with Gasteiger partial charge in [0, 0.05) is 12.6 Å². The Hall–Kier alpha value is -1.52. The molecule has 1 aromatic rings. The molecule has 1 aliphatic rings. The zero-order valence-electron chi connectivity index (χ0n) is 11.2. The van der Waals surface area contributed by atoms with Gasteiger partial charge in [0.25, 0.3) is 0 Å². The number of hydrogen-bond acceptors (Lipinski definition) is 5. The molecular formula is C13H22N4O. The van der Waals surface area contributed by atoms with Gasteiger partial charge in [0.2, 0.25) is 11.8 Å². The van der Waals surface area contributed by atoms with E-state index in [9.17, 15) is 0 Å². The highest BCUT2D eigenvalue weighted by atomic mass is 16.5. The molecule has 0 saturated heterocycles. The molecular weight excluding hydrogens is 228 g/mol. The van der Waals surface area contributed by atoms with Crippen LogP contribution in [0.3, 0.4) is 0 Å². The van der Waals surface area contributed by atoms with E-state index in [1.165, 1.54) is 32.1 Å². The van der Waals surface area contributed by atoms with Gasteiger partial charge >= 0.3 is 0 Å². The molecule has 100 valence electrons. The summed E-state index contributed by atoms with van der Waals surface area (Å²) in [5.74, 6) is 1.48. The number of ether oxygens (including phenoxy) is 1. The summed E-state index contributed by atoms with van der Waals surface area (Å²) in [5.41, 5.74) is 6.00. The monoisotopic (exact) mass is 250 g/mol. The number of rotatable bonds is 4. The van der Waals surface area contributed by atoms with Crippen molar-refractivity contribution in [2.24, 2.45) is 5.41 Å². The Morgan fingerprint density at radius 2 is 2.06 bits per heavy atom.